The number of nitrogens with zero attached hydrogens (tertiary/aromatic N) is 1. The summed E-state index contributed by atoms with van der Waals surface area (Å²) >= 11 is 12.1. The minimum absolute atomic E-state index is 0.0637. The largest absolute Gasteiger partial charge is 0.497 e. The molecule has 1 aromatic heterocycles. The zero-order valence-electron chi connectivity index (χ0n) is 14.6. The monoisotopic (exact) mass is 401 g/mol. The first-order valence-electron chi connectivity index (χ1n) is 8.51. The van der Waals surface area contributed by atoms with E-state index >= 15 is 0 Å². The number of carbonyl (C=O) groups excluding carboxylic acids is 1. The molecule has 2 aromatic carbocycles. The van der Waals surface area contributed by atoms with Gasteiger partial charge in [0.2, 0.25) is 5.91 Å². The molecule has 4 rings (SSSR count). The van der Waals surface area contributed by atoms with Crippen LogP contribution in [0, 0.1) is 5.92 Å². The summed E-state index contributed by atoms with van der Waals surface area (Å²) in [6.07, 6.45) is 1.29. The van der Waals surface area contributed by atoms with E-state index in [0.29, 0.717) is 28.7 Å². The summed E-state index contributed by atoms with van der Waals surface area (Å²) in [7, 11) is 1.63. The van der Waals surface area contributed by atoms with Crippen molar-refractivity contribution < 1.29 is 9.53 Å². The number of hydrogen-bond donors (Lipinski definition) is 2. The van der Waals surface area contributed by atoms with Gasteiger partial charge in [0.25, 0.3) is 0 Å². The third-order valence-electron chi connectivity index (χ3n) is 4.78. The number of fused-ring (bicyclic) bond motifs is 1. The van der Waals surface area contributed by atoms with Crippen LogP contribution < -0.4 is 10.1 Å². The van der Waals surface area contributed by atoms with Gasteiger partial charge in [-0.05, 0) is 65.9 Å². The van der Waals surface area contributed by atoms with Crippen LogP contribution in [0.2, 0.25) is 10.0 Å². The van der Waals surface area contributed by atoms with Crippen LogP contribution in [0.5, 0.6) is 5.75 Å². The minimum atomic E-state index is -0.157. The summed E-state index contributed by atoms with van der Waals surface area (Å²) in [5.41, 5.74) is 3.93. The molecule has 0 radical (unpaired) electrons. The molecule has 0 atom stereocenters. The van der Waals surface area contributed by atoms with Gasteiger partial charge >= 0.3 is 0 Å². The lowest BCUT2D eigenvalue weighted by atomic mass is 10.1. The second-order valence-corrected chi connectivity index (χ2v) is 7.34. The van der Waals surface area contributed by atoms with Crippen molar-refractivity contribution in [3.05, 3.63) is 63.6 Å². The van der Waals surface area contributed by atoms with Crippen LogP contribution in [-0.2, 0) is 17.6 Å². The fourth-order valence-electron chi connectivity index (χ4n) is 3.33. The van der Waals surface area contributed by atoms with E-state index in [0.717, 1.165) is 28.1 Å². The Morgan fingerprint density at radius 1 is 1.11 bits per heavy atom. The molecule has 1 heterocycles. The second-order valence-electron chi connectivity index (χ2n) is 6.52. The van der Waals surface area contributed by atoms with E-state index in [9.17, 15) is 4.79 Å². The molecule has 0 bridgehead atoms. The van der Waals surface area contributed by atoms with Crippen LogP contribution in [0.3, 0.4) is 0 Å². The standard InChI is InChI=1S/C20H17Cl2N3O2/c1-27-15-4-2-11(3-5-15)18-10-19(25-24-18)23-20(26)14-6-12-8-16(21)17(22)9-13(12)7-14/h2-5,8-10,14H,6-7H2,1H3,(H2,23,24,25,26). The number of ether oxygens (including phenoxy) is 1. The fraction of sp³-hybridized carbons (Fsp3) is 0.200. The summed E-state index contributed by atoms with van der Waals surface area (Å²) < 4.78 is 5.16. The number of halogens is 2. The smallest absolute Gasteiger partial charge is 0.229 e. The number of anilines is 1. The van der Waals surface area contributed by atoms with Crippen molar-refractivity contribution in [2.75, 3.05) is 12.4 Å². The number of hydrogen-bond acceptors (Lipinski definition) is 3. The molecule has 0 fully saturated rings. The summed E-state index contributed by atoms with van der Waals surface area (Å²) in [4.78, 5) is 12.6. The van der Waals surface area contributed by atoms with Gasteiger partial charge in [0, 0.05) is 12.0 Å². The highest BCUT2D eigenvalue weighted by Gasteiger charge is 2.28. The van der Waals surface area contributed by atoms with Gasteiger partial charge in [-0.2, -0.15) is 5.10 Å². The predicted octanol–water partition coefficient (Wildman–Crippen LogP) is 4.75. The SMILES string of the molecule is COc1ccc(-c2cc(NC(=O)C3Cc4cc(Cl)c(Cl)cc4C3)n[nH]2)cc1. The van der Waals surface area contributed by atoms with Gasteiger partial charge in [0.1, 0.15) is 5.75 Å². The third kappa shape index (κ3) is 3.66. The lowest BCUT2D eigenvalue weighted by Gasteiger charge is -2.07. The molecule has 2 N–H and O–H groups in total. The van der Waals surface area contributed by atoms with Crippen molar-refractivity contribution in [1.29, 1.82) is 0 Å². The van der Waals surface area contributed by atoms with E-state index < -0.39 is 0 Å². The Morgan fingerprint density at radius 3 is 2.33 bits per heavy atom. The Labute approximate surface area is 166 Å². The molecule has 138 valence electrons. The summed E-state index contributed by atoms with van der Waals surface area (Å²) in [6.45, 7) is 0. The molecule has 0 spiro atoms. The molecule has 1 aliphatic carbocycles. The molecular formula is C20H17Cl2N3O2. The number of aromatic amines is 1. The average molecular weight is 402 g/mol. The number of methoxy groups -OCH3 is 1. The summed E-state index contributed by atoms with van der Waals surface area (Å²) in [6, 6.07) is 13.1. The number of nitrogens with one attached hydrogen (secondary N) is 2. The zero-order chi connectivity index (χ0) is 19.0. The molecule has 27 heavy (non-hydrogen) atoms. The molecule has 7 heteroatoms. The van der Waals surface area contributed by atoms with E-state index in [1.165, 1.54) is 0 Å². The number of amides is 1. The number of H-pyrrole nitrogens is 1. The minimum Gasteiger partial charge on any atom is -0.497 e. The molecule has 5 nitrogen and oxygen atoms in total. The lowest BCUT2D eigenvalue weighted by Crippen LogP contribution is -2.23. The second kappa shape index (κ2) is 7.25. The van der Waals surface area contributed by atoms with E-state index in [2.05, 4.69) is 15.5 Å². The molecule has 3 aromatic rings. The highest BCUT2D eigenvalue weighted by molar-refractivity contribution is 6.42. The Kier molecular flexibility index (Phi) is 4.81. The number of benzene rings is 2. The molecular weight excluding hydrogens is 385 g/mol. The van der Waals surface area contributed by atoms with Crippen molar-refractivity contribution >= 4 is 34.9 Å². The van der Waals surface area contributed by atoms with Crippen molar-refractivity contribution in [3.8, 4) is 17.0 Å². The Balaban J connectivity index is 1.44. The van der Waals surface area contributed by atoms with Crippen LogP contribution in [0.15, 0.2) is 42.5 Å². The van der Waals surface area contributed by atoms with Gasteiger partial charge in [-0.25, -0.2) is 0 Å². The Bertz CT molecular complexity index is 968. The molecule has 0 aliphatic heterocycles. The maximum atomic E-state index is 12.6. The summed E-state index contributed by atoms with van der Waals surface area (Å²) in [5.74, 6) is 1.06. The maximum absolute atomic E-state index is 12.6. The third-order valence-corrected chi connectivity index (χ3v) is 5.50. The van der Waals surface area contributed by atoms with Crippen molar-refractivity contribution in [3.63, 3.8) is 0 Å². The van der Waals surface area contributed by atoms with Crippen LogP contribution >= 0.6 is 23.2 Å². The van der Waals surface area contributed by atoms with Gasteiger partial charge in [-0.1, -0.05) is 23.2 Å². The molecule has 0 unspecified atom stereocenters. The van der Waals surface area contributed by atoms with Gasteiger partial charge in [-0.3, -0.25) is 9.89 Å². The van der Waals surface area contributed by atoms with Crippen molar-refractivity contribution in [1.82, 2.24) is 10.2 Å². The van der Waals surface area contributed by atoms with E-state index in [4.69, 9.17) is 27.9 Å². The van der Waals surface area contributed by atoms with Gasteiger partial charge < -0.3 is 10.1 Å². The molecule has 1 amide bonds. The summed E-state index contributed by atoms with van der Waals surface area (Å²) in [5, 5.41) is 11.1. The number of aromatic nitrogens is 2. The normalized spacial score (nSPS) is 13.4. The average Bonchev–Trinajstić information content (AvgIpc) is 3.29. The van der Waals surface area contributed by atoms with Crippen molar-refractivity contribution in [2.45, 2.75) is 12.8 Å². The van der Waals surface area contributed by atoms with E-state index in [1.807, 2.05) is 42.5 Å². The Morgan fingerprint density at radius 2 is 1.74 bits per heavy atom. The van der Waals surface area contributed by atoms with Gasteiger partial charge in [0.15, 0.2) is 5.82 Å². The molecule has 0 saturated heterocycles. The van der Waals surface area contributed by atoms with Crippen molar-refractivity contribution in [2.24, 2.45) is 5.92 Å². The first-order valence-corrected chi connectivity index (χ1v) is 9.26. The first kappa shape index (κ1) is 17.9. The first-order chi connectivity index (χ1) is 13.0. The number of rotatable bonds is 4. The molecule has 0 saturated carbocycles. The van der Waals surface area contributed by atoms with E-state index in [-0.39, 0.29) is 11.8 Å². The van der Waals surface area contributed by atoms with E-state index in [1.54, 1.807) is 7.11 Å². The quantitative estimate of drug-likeness (QED) is 0.662. The van der Waals surface area contributed by atoms with Gasteiger partial charge in [-0.15, -0.1) is 0 Å². The van der Waals surface area contributed by atoms with Crippen LogP contribution in [0.25, 0.3) is 11.3 Å². The van der Waals surface area contributed by atoms with Crippen LogP contribution in [0.4, 0.5) is 5.82 Å². The lowest BCUT2D eigenvalue weighted by molar-refractivity contribution is -0.119. The molecule has 1 aliphatic rings. The van der Waals surface area contributed by atoms with Gasteiger partial charge in [0.05, 0.1) is 22.8 Å². The fourth-order valence-corrected chi connectivity index (χ4v) is 3.70. The maximum Gasteiger partial charge on any atom is 0.229 e. The predicted molar refractivity (Wildman–Crippen MR) is 107 cm³/mol. The Hall–Kier alpha value is -2.50. The highest BCUT2D eigenvalue weighted by Crippen LogP contribution is 2.34. The van der Waals surface area contributed by atoms with Crippen LogP contribution in [-0.4, -0.2) is 23.2 Å². The topological polar surface area (TPSA) is 67.0 Å². The zero-order valence-corrected chi connectivity index (χ0v) is 16.1. The number of carbonyl (C=O) groups is 1. The highest BCUT2D eigenvalue weighted by atomic mass is 35.5. The van der Waals surface area contributed by atoms with Crippen LogP contribution in [0.1, 0.15) is 11.1 Å².